The number of aliphatic hydroxyl groups is 1. The molecule has 2 aromatic rings. The molecule has 0 amide bonds. The maximum atomic E-state index is 10.2. The van der Waals surface area contributed by atoms with Crippen molar-refractivity contribution >= 4 is 15.9 Å². The molecular formula is C15H17BrO2. The van der Waals surface area contributed by atoms with Crippen LogP contribution in [0, 0.1) is 5.92 Å². The van der Waals surface area contributed by atoms with E-state index < -0.39 is 6.10 Å². The van der Waals surface area contributed by atoms with Gasteiger partial charge in [0.2, 0.25) is 0 Å². The Morgan fingerprint density at radius 3 is 2.33 bits per heavy atom. The van der Waals surface area contributed by atoms with Gasteiger partial charge in [0.1, 0.15) is 6.10 Å². The third kappa shape index (κ3) is 3.03. The van der Waals surface area contributed by atoms with Gasteiger partial charge in [-0.1, -0.05) is 38.1 Å². The van der Waals surface area contributed by atoms with Crippen LogP contribution >= 0.6 is 15.9 Å². The minimum Gasteiger partial charge on any atom is -0.457 e. The SMILES string of the molecule is CC(C)Cc1ccc(C(O)c2ccoc2Br)cc1. The van der Waals surface area contributed by atoms with Crippen LogP contribution in [0.4, 0.5) is 0 Å². The number of furan rings is 1. The maximum absolute atomic E-state index is 10.2. The number of benzene rings is 1. The zero-order valence-electron chi connectivity index (χ0n) is 10.6. The van der Waals surface area contributed by atoms with Crippen molar-refractivity contribution in [3.05, 3.63) is 58.0 Å². The minimum absolute atomic E-state index is 0.584. The molecule has 0 saturated heterocycles. The lowest BCUT2D eigenvalue weighted by atomic mass is 9.98. The van der Waals surface area contributed by atoms with Crippen molar-refractivity contribution < 1.29 is 9.52 Å². The minimum atomic E-state index is -0.647. The Hall–Kier alpha value is -1.06. The summed E-state index contributed by atoms with van der Waals surface area (Å²) >= 11 is 3.28. The van der Waals surface area contributed by atoms with E-state index in [4.69, 9.17) is 4.42 Å². The standard InChI is InChI=1S/C15H17BrO2/c1-10(2)9-11-3-5-12(6-4-11)14(17)13-7-8-18-15(13)16/h3-8,10,14,17H,9H2,1-2H3. The zero-order chi connectivity index (χ0) is 13.1. The van der Waals surface area contributed by atoms with Crippen LogP contribution < -0.4 is 0 Å². The van der Waals surface area contributed by atoms with Gasteiger partial charge in [-0.2, -0.15) is 0 Å². The van der Waals surface area contributed by atoms with Gasteiger partial charge in [0.25, 0.3) is 0 Å². The number of halogens is 1. The molecule has 0 saturated carbocycles. The predicted octanol–water partition coefficient (Wildman–Crippen LogP) is 4.32. The fourth-order valence-electron chi connectivity index (χ4n) is 1.99. The first-order chi connectivity index (χ1) is 8.58. The van der Waals surface area contributed by atoms with Crippen LogP contribution in [0.15, 0.2) is 45.7 Å². The van der Waals surface area contributed by atoms with Gasteiger partial charge in [0.15, 0.2) is 4.67 Å². The molecular weight excluding hydrogens is 292 g/mol. The van der Waals surface area contributed by atoms with Crippen molar-refractivity contribution in [1.29, 1.82) is 0 Å². The van der Waals surface area contributed by atoms with Crippen molar-refractivity contribution in [2.75, 3.05) is 0 Å². The number of aliphatic hydroxyl groups excluding tert-OH is 1. The van der Waals surface area contributed by atoms with E-state index in [1.54, 1.807) is 12.3 Å². The molecule has 0 aliphatic rings. The largest absolute Gasteiger partial charge is 0.457 e. The van der Waals surface area contributed by atoms with E-state index >= 15 is 0 Å². The molecule has 0 aliphatic carbocycles. The van der Waals surface area contributed by atoms with E-state index in [9.17, 15) is 5.11 Å². The van der Waals surface area contributed by atoms with Crippen LogP contribution in [0.3, 0.4) is 0 Å². The molecule has 1 N–H and O–H groups in total. The van der Waals surface area contributed by atoms with Gasteiger partial charge < -0.3 is 9.52 Å². The molecule has 2 rings (SSSR count). The smallest absolute Gasteiger partial charge is 0.175 e. The van der Waals surface area contributed by atoms with Gasteiger partial charge in [0.05, 0.1) is 6.26 Å². The van der Waals surface area contributed by atoms with Crippen molar-refractivity contribution in [1.82, 2.24) is 0 Å². The molecule has 18 heavy (non-hydrogen) atoms. The molecule has 2 nitrogen and oxygen atoms in total. The Morgan fingerprint density at radius 1 is 1.17 bits per heavy atom. The summed E-state index contributed by atoms with van der Waals surface area (Å²) in [5, 5.41) is 10.2. The Labute approximate surface area is 116 Å². The van der Waals surface area contributed by atoms with Crippen molar-refractivity contribution in [2.24, 2.45) is 5.92 Å². The van der Waals surface area contributed by atoms with Gasteiger partial charge >= 0.3 is 0 Å². The third-order valence-electron chi connectivity index (χ3n) is 2.88. The highest BCUT2D eigenvalue weighted by molar-refractivity contribution is 9.10. The molecule has 0 aliphatic heterocycles. The van der Waals surface area contributed by atoms with Crippen molar-refractivity contribution in [3.63, 3.8) is 0 Å². The van der Waals surface area contributed by atoms with Crippen LogP contribution in [-0.2, 0) is 6.42 Å². The van der Waals surface area contributed by atoms with Crippen LogP contribution in [0.1, 0.15) is 36.6 Å². The highest BCUT2D eigenvalue weighted by Crippen LogP contribution is 2.29. The second-order valence-electron chi connectivity index (χ2n) is 4.89. The highest BCUT2D eigenvalue weighted by Gasteiger charge is 2.15. The van der Waals surface area contributed by atoms with Crippen LogP contribution in [-0.4, -0.2) is 5.11 Å². The first-order valence-corrected chi connectivity index (χ1v) is 6.87. The quantitative estimate of drug-likeness (QED) is 0.912. The molecule has 1 unspecified atom stereocenters. The monoisotopic (exact) mass is 308 g/mol. The summed E-state index contributed by atoms with van der Waals surface area (Å²) in [7, 11) is 0. The topological polar surface area (TPSA) is 33.4 Å². The van der Waals surface area contributed by atoms with Crippen LogP contribution in [0.5, 0.6) is 0 Å². The lowest BCUT2D eigenvalue weighted by Crippen LogP contribution is -2.00. The molecule has 0 bridgehead atoms. The number of hydrogen-bond acceptors (Lipinski definition) is 2. The van der Waals surface area contributed by atoms with Gasteiger partial charge in [-0.15, -0.1) is 0 Å². The summed E-state index contributed by atoms with van der Waals surface area (Å²) in [6, 6.07) is 9.87. The molecule has 96 valence electrons. The second-order valence-corrected chi connectivity index (χ2v) is 5.61. The Morgan fingerprint density at radius 2 is 1.83 bits per heavy atom. The Bertz CT molecular complexity index is 499. The zero-order valence-corrected chi connectivity index (χ0v) is 12.1. The normalized spacial score (nSPS) is 12.9. The van der Waals surface area contributed by atoms with Gasteiger partial charge in [-0.25, -0.2) is 0 Å². The van der Waals surface area contributed by atoms with Crippen LogP contribution in [0.25, 0.3) is 0 Å². The fraction of sp³-hybridized carbons (Fsp3) is 0.333. The van der Waals surface area contributed by atoms with E-state index in [2.05, 4.69) is 41.9 Å². The summed E-state index contributed by atoms with van der Waals surface area (Å²) in [5.74, 6) is 0.642. The van der Waals surface area contributed by atoms with Crippen LogP contribution in [0.2, 0.25) is 0 Å². The molecule has 0 fully saturated rings. The third-order valence-corrected chi connectivity index (χ3v) is 3.52. The second kappa shape index (κ2) is 5.72. The van der Waals surface area contributed by atoms with E-state index in [0.29, 0.717) is 10.6 Å². The number of hydrogen-bond donors (Lipinski definition) is 1. The maximum Gasteiger partial charge on any atom is 0.175 e. The molecule has 1 aromatic heterocycles. The molecule has 3 heteroatoms. The van der Waals surface area contributed by atoms with E-state index in [1.807, 2.05) is 12.1 Å². The number of rotatable bonds is 4. The van der Waals surface area contributed by atoms with Gasteiger partial charge in [0, 0.05) is 5.56 Å². The summed E-state index contributed by atoms with van der Waals surface area (Å²) in [6.45, 7) is 4.40. The first-order valence-electron chi connectivity index (χ1n) is 6.07. The fourth-order valence-corrected chi connectivity index (χ4v) is 2.44. The predicted molar refractivity (Wildman–Crippen MR) is 75.5 cm³/mol. The summed E-state index contributed by atoms with van der Waals surface area (Å²) in [5.41, 5.74) is 2.93. The average Bonchev–Trinajstić information content (AvgIpc) is 2.75. The van der Waals surface area contributed by atoms with E-state index in [0.717, 1.165) is 17.5 Å². The molecule has 1 heterocycles. The average molecular weight is 309 g/mol. The van der Waals surface area contributed by atoms with Gasteiger partial charge in [-0.05, 0) is 45.5 Å². The Kier molecular flexibility index (Phi) is 4.25. The van der Waals surface area contributed by atoms with E-state index in [1.165, 1.54) is 5.56 Å². The highest BCUT2D eigenvalue weighted by atomic mass is 79.9. The molecule has 1 atom stereocenters. The van der Waals surface area contributed by atoms with Crippen molar-refractivity contribution in [2.45, 2.75) is 26.4 Å². The lowest BCUT2D eigenvalue weighted by molar-refractivity contribution is 0.218. The van der Waals surface area contributed by atoms with E-state index in [-0.39, 0.29) is 0 Å². The molecule has 0 spiro atoms. The summed E-state index contributed by atoms with van der Waals surface area (Å²) in [4.78, 5) is 0. The lowest BCUT2D eigenvalue weighted by Gasteiger charge is -2.11. The first kappa shape index (κ1) is 13.4. The van der Waals surface area contributed by atoms with Gasteiger partial charge in [-0.3, -0.25) is 0 Å². The summed E-state index contributed by atoms with van der Waals surface area (Å²) in [6.07, 6.45) is 1.98. The molecule has 0 radical (unpaired) electrons. The molecule has 1 aromatic carbocycles. The Balaban J connectivity index is 2.17. The van der Waals surface area contributed by atoms with Crippen molar-refractivity contribution in [3.8, 4) is 0 Å². The summed E-state index contributed by atoms with van der Waals surface area (Å²) < 4.78 is 5.72.